The summed E-state index contributed by atoms with van der Waals surface area (Å²) in [6.07, 6.45) is 0.774. The number of aromatic nitrogens is 2. The number of carboxylic acid groups (broad SMARTS) is 1. The van der Waals surface area contributed by atoms with Gasteiger partial charge in [0.15, 0.2) is 0 Å². The third-order valence-corrected chi connectivity index (χ3v) is 3.98. The number of amides is 1. The van der Waals surface area contributed by atoms with E-state index in [0.717, 1.165) is 4.88 Å². The first-order valence-electron chi connectivity index (χ1n) is 7.34. The lowest BCUT2D eigenvalue weighted by Crippen LogP contribution is -2.41. The van der Waals surface area contributed by atoms with E-state index in [4.69, 9.17) is 9.63 Å². The Morgan fingerprint density at radius 3 is 2.83 bits per heavy atom. The summed E-state index contributed by atoms with van der Waals surface area (Å²) in [5.74, 6) is -0.322. The number of rotatable bonds is 8. The summed E-state index contributed by atoms with van der Waals surface area (Å²) in [6.45, 7) is 3.82. The second-order valence-electron chi connectivity index (χ2n) is 5.58. The Kier molecular flexibility index (Phi) is 5.86. The van der Waals surface area contributed by atoms with Gasteiger partial charge in [-0.25, -0.2) is 4.79 Å². The monoisotopic (exact) mass is 337 g/mol. The van der Waals surface area contributed by atoms with Crippen LogP contribution in [0.2, 0.25) is 0 Å². The number of thiophene rings is 1. The highest BCUT2D eigenvalue weighted by molar-refractivity contribution is 7.13. The van der Waals surface area contributed by atoms with Crippen LogP contribution in [0.3, 0.4) is 0 Å². The fourth-order valence-electron chi connectivity index (χ4n) is 2.04. The van der Waals surface area contributed by atoms with E-state index in [1.54, 1.807) is 0 Å². The molecule has 8 heteroatoms. The Hall–Kier alpha value is -2.22. The number of hydrogen-bond acceptors (Lipinski definition) is 6. The Labute approximate surface area is 137 Å². The lowest BCUT2D eigenvalue weighted by Gasteiger charge is -2.16. The first kappa shape index (κ1) is 17.1. The zero-order valence-corrected chi connectivity index (χ0v) is 13.8. The summed E-state index contributed by atoms with van der Waals surface area (Å²) in [5.41, 5.74) is 0. The molecule has 0 aliphatic heterocycles. The molecule has 0 radical (unpaired) electrons. The van der Waals surface area contributed by atoms with Gasteiger partial charge in [-0.15, -0.1) is 11.3 Å². The van der Waals surface area contributed by atoms with E-state index < -0.39 is 12.0 Å². The molecule has 2 rings (SSSR count). The van der Waals surface area contributed by atoms with Gasteiger partial charge >= 0.3 is 5.97 Å². The van der Waals surface area contributed by atoms with Crippen molar-refractivity contribution in [2.45, 2.75) is 39.2 Å². The minimum atomic E-state index is -1.02. The lowest BCUT2D eigenvalue weighted by molar-refractivity contribution is -0.142. The molecule has 0 saturated heterocycles. The number of nitrogens with zero attached hydrogens (tertiary/aromatic N) is 2. The molecule has 23 heavy (non-hydrogen) atoms. The maximum atomic E-state index is 11.9. The predicted octanol–water partition coefficient (Wildman–Crippen LogP) is 2.35. The van der Waals surface area contributed by atoms with Crippen molar-refractivity contribution in [2.24, 2.45) is 5.92 Å². The molecule has 124 valence electrons. The van der Waals surface area contributed by atoms with Gasteiger partial charge in [0, 0.05) is 12.8 Å². The van der Waals surface area contributed by atoms with Gasteiger partial charge in [-0.1, -0.05) is 25.1 Å². The summed E-state index contributed by atoms with van der Waals surface area (Å²) < 4.78 is 5.11. The average molecular weight is 337 g/mol. The summed E-state index contributed by atoms with van der Waals surface area (Å²) in [7, 11) is 0. The van der Waals surface area contributed by atoms with Crippen LogP contribution in [0.5, 0.6) is 0 Å². The lowest BCUT2D eigenvalue weighted by atomic mass is 10.0. The number of hydrogen-bond donors (Lipinski definition) is 2. The molecule has 0 aromatic carbocycles. The van der Waals surface area contributed by atoms with Gasteiger partial charge in [-0.05, 0) is 23.8 Å². The normalized spacial score (nSPS) is 12.3. The molecule has 1 atom stereocenters. The molecule has 0 aliphatic carbocycles. The van der Waals surface area contributed by atoms with Gasteiger partial charge in [0.2, 0.25) is 17.6 Å². The number of aryl methyl sites for hydroxylation is 1. The van der Waals surface area contributed by atoms with Gasteiger partial charge in [0.1, 0.15) is 6.04 Å². The highest BCUT2D eigenvalue weighted by Gasteiger charge is 2.21. The van der Waals surface area contributed by atoms with Crippen LogP contribution in [0.15, 0.2) is 22.0 Å². The van der Waals surface area contributed by atoms with Gasteiger partial charge in [-0.2, -0.15) is 4.98 Å². The van der Waals surface area contributed by atoms with E-state index in [2.05, 4.69) is 15.5 Å². The average Bonchev–Trinajstić information content (AvgIpc) is 3.14. The van der Waals surface area contributed by atoms with Crippen molar-refractivity contribution in [1.82, 2.24) is 15.5 Å². The van der Waals surface area contributed by atoms with Crippen LogP contribution >= 0.6 is 11.3 Å². The van der Waals surface area contributed by atoms with Crippen LogP contribution in [0.4, 0.5) is 0 Å². The maximum Gasteiger partial charge on any atom is 0.326 e. The van der Waals surface area contributed by atoms with E-state index in [1.165, 1.54) is 11.3 Å². The molecule has 1 amide bonds. The van der Waals surface area contributed by atoms with Crippen molar-refractivity contribution < 1.29 is 19.2 Å². The molecule has 0 fully saturated rings. The van der Waals surface area contributed by atoms with Gasteiger partial charge in [0.05, 0.1) is 4.88 Å². The van der Waals surface area contributed by atoms with Crippen LogP contribution in [0.25, 0.3) is 10.7 Å². The molecule has 2 N–H and O–H groups in total. The molecule has 0 spiro atoms. The van der Waals surface area contributed by atoms with E-state index in [-0.39, 0.29) is 24.7 Å². The van der Waals surface area contributed by atoms with Crippen LogP contribution in [0.1, 0.15) is 32.6 Å². The van der Waals surface area contributed by atoms with Gasteiger partial charge < -0.3 is 14.9 Å². The maximum absolute atomic E-state index is 11.9. The van der Waals surface area contributed by atoms with E-state index in [1.807, 2.05) is 31.4 Å². The first-order valence-corrected chi connectivity index (χ1v) is 8.22. The summed E-state index contributed by atoms with van der Waals surface area (Å²) in [4.78, 5) is 28.1. The quantitative estimate of drug-likeness (QED) is 0.766. The van der Waals surface area contributed by atoms with Crippen LogP contribution in [-0.4, -0.2) is 33.2 Å². The molecule has 7 nitrogen and oxygen atoms in total. The van der Waals surface area contributed by atoms with Crippen molar-refractivity contribution in [3.63, 3.8) is 0 Å². The highest BCUT2D eigenvalue weighted by atomic mass is 32.1. The number of carboxylic acids is 1. The standard InChI is InChI=1S/C15H19N3O4S/c1-9(2)8-10(15(20)21)16-12(19)5-6-13-17-14(18-22-13)11-4-3-7-23-11/h3-4,7,9-10H,5-6,8H2,1-2H3,(H,16,19)(H,20,21)/t10-/m0/s1. The Balaban J connectivity index is 1.85. The third-order valence-electron chi connectivity index (χ3n) is 3.12. The van der Waals surface area contributed by atoms with Crippen LogP contribution in [0, 0.1) is 5.92 Å². The number of aliphatic carboxylic acids is 1. The topological polar surface area (TPSA) is 105 Å². The number of carbonyl (C=O) groups excluding carboxylic acids is 1. The Morgan fingerprint density at radius 1 is 1.43 bits per heavy atom. The van der Waals surface area contributed by atoms with E-state index in [9.17, 15) is 9.59 Å². The molecule has 0 unspecified atom stereocenters. The summed E-state index contributed by atoms with van der Waals surface area (Å²) >= 11 is 1.50. The van der Waals surface area contributed by atoms with E-state index in [0.29, 0.717) is 18.1 Å². The van der Waals surface area contributed by atoms with Crippen molar-refractivity contribution >= 4 is 23.2 Å². The van der Waals surface area contributed by atoms with Crippen LogP contribution < -0.4 is 5.32 Å². The first-order chi connectivity index (χ1) is 11.0. The fourth-order valence-corrected chi connectivity index (χ4v) is 2.69. The minimum Gasteiger partial charge on any atom is -0.480 e. The molecule has 2 aromatic heterocycles. The summed E-state index contributed by atoms with van der Waals surface area (Å²) in [6, 6.07) is 2.91. The van der Waals surface area contributed by atoms with Crippen molar-refractivity contribution in [3.8, 4) is 10.7 Å². The molecule has 2 aromatic rings. The Bertz CT molecular complexity index is 651. The SMILES string of the molecule is CC(C)C[C@H](NC(=O)CCc1nc(-c2cccs2)no1)C(=O)O. The van der Waals surface area contributed by atoms with Crippen LogP contribution in [-0.2, 0) is 16.0 Å². The summed E-state index contributed by atoms with van der Waals surface area (Å²) in [5, 5.41) is 17.4. The largest absolute Gasteiger partial charge is 0.480 e. The number of nitrogens with one attached hydrogen (secondary N) is 1. The number of carbonyl (C=O) groups is 2. The van der Waals surface area contributed by atoms with Gasteiger partial charge in [0.25, 0.3) is 0 Å². The smallest absolute Gasteiger partial charge is 0.326 e. The molecular formula is C15H19N3O4S. The highest BCUT2D eigenvalue weighted by Crippen LogP contribution is 2.21. The third kappa shape index (κ3) is 5.17. The van der Waals surface area contributed by atoms with Crippen molar-refractivity contribution in [3.05, 3.63) is 23.4 Å². The van der Waals surface area contributed by atoms with Gasteiger partial charge in [-0.3, -0.25) is 4.79 Å². The predicted molar refractivity (Wildman–Crippen MR) is 85.0 cm³/mol. The zero-order valence-electron chi connectivity index (χ0n) is 13.0. The minimum absolute atomic E-state index is 0.105. The fraction of sp³-hybridized carbons (Fsp3) is 0.467. The molecule has 0 saturated carbocycles. The molecular weight excluding hydrogens is 318 g/mol. The molecule has 0 aliphatic rings. The Morgan fingerprint density at radius 2 is 2.22 bits per heavy atom. The van der Waals surface area contributed by atoms with Crippen molar-refractivity contribution in [2.75, 3.05) is 0 Å². The molecule has 0 bridgehead atoms. The zero-order chi connectivity index (χ0) is 16.8. The molecule has 2 heterocycles. The second kappa shape index (κ2) is 7.87. The second-order valence-corrected chi connectivity index (χ2v) is 6.52. The van der Waals surface area contributed by atoms with Crippen molar-refractivity contribution in [1.29, 1.82) is 0 Å². The van der Waals surface area contributed by atoms with E-state index >= 15 is 0 Å².